The molecule has 2 unspecified atom stereocenters. The van der Waals surface area contributed by atoms with E-state index in [1.807, 2.05) is 11.8 Å². The summed E-state index contributed by atoms with van der Waals surface area (Å²) in [6, 6.07) is 4.75. The topological polar surface area (TPSA) is 29.3 Å². The molecule has 0 spiro atoms. The Kier molecular flexibility index (Phi) is 4.28. The molecule has 112 valence electrons. The molecule has 2 nitrogen and oxygen atoms in total. The van der Waals surface area contributed by atoms with Crippen molar-refractivity contribution in [2.75, 3.05) is 18.0 Å². The van der Waals surface area contributed by atoms with Crippen molar-refractivity contribution in [3.8, 4) is 0 Å². The molecular weight excluding hydrogens is 265 g/mol. The second kappa shape index (κ2) is 5.64. The Morgan fingerprint density at radius 3 is 2.50 bits per heavy atom. The maximum absolute atomic E-state index is 13.3. The van der Waals surface area contributed by atoms with Crippen molar-refractivity contribution < 1.29 is 13.2 Å². The molecule has 1 heterocycles. The molecule has 1 aromatic carbocycles. The lowest BCUT2D eigenvalue weighted by molar-refractivity contribution is -0.137. The number of rotatable bonds is 3. The first-order valence-electron chi connectivity index (χ1n) is 6.99. The third-order valence-corrected chi connectivity index (χ3v) is 3.89. The van der Waals surface area contributed by atoms with E-state index in [0.717, 1.165) is 6.42 Å². The Bertz CT molecular complexity index is 471. The van der Waals surface area contributed by atoms with Gasteiger partial charge in [-0.05, 0) is 49.9 Å². The second-order valence-corrected chi connectivity index (χ2v) is 5.73. The number of benzene rings is 1. The highest BCUT2D eigenvalue weighted by atomic mass is 19.4. The lowest BCUT2D eigenvalue weighted by Crippen LogP contribution is -2.29. The Morgan fingerprint density at radius 1 is 1.30 bits per heavy atom. The van der Waals surface area contributed by atoms with Crippen LogP contribution in [0.15, 0.2) is 18.2 Å². The first-order valence-corrected chi connectivity index (χ1v) is 6.99. The minimum Gasteiger partial charge on any atom is -0.368 e. The van der Waals surface area contributed by atoms with Crippen molar-refractivity contribution >= 4 is 5.69 Å². The largest absolute Gasteiger partial charge is 0.418 e. The predicted molar refractivity (Wildman–Crippen MR) is 74.8 cm³/mol. The number of anilines is 1. The van der Waals surface area contributed by atoms with E-state index in [-0.39, 0.29) is 6.04 Å². The highest BCUT2D eigenvalue weighted by Crippen LogP contribution is 2.40. The van der Waals surface area contributed by atoms with E-state index in [9.17, 15) is 13.2 Å². The molecule has 0 saturated carbocycles. The summed E-state index contributed by atoms with van der Waals surface area (Å²) >= 11 is 0. The number of nitrogens with zero attached hydrogens (tertiary/aromatic N) is 1. The average molecular weight is 286 g/mol. The Labute approximate surface area is 117 Å². The SMILES string of the molecule is CC1CC(C)N(c2ccc(CCN)cc2C(F)(F)F)C1. The van der Waals surface area contributed by atoms with Crippen LogP contribution in [0.5, 0.6) is 0 Å². The van der Waals surface area contributed by atoms with E-state index >= 15 is 0 Å². The van der Waals surface area contributed by atoms with Crippen molar-refractivity contribution in [2.24, 2.45) is 11.7 Å². The molecule has 2 N–H and O–H groups in total. The molecular formula is C15H21F3N2. The lowest BCUT2D eigenvalue weighted by Gasteiger charge is -2.27. The van der Waals surface area contributed by atoms with E-state index in [1.165, 1.54) is 6.07 Å². The normalized spacial score (nSPS) is 23.4. The summed E-state index contributed by atoms with van der Waals surface area (Å²) in [5.74, 6) is 0.426. The summed E-state index contributed by atoms with van der Waals surface area (Å²) < 4.78 is 39.9. The van der Waals surface area contributed by atoms with Crippen LogP contribution in [0.2, 0.25) is 0 Å². The van der Waals surface area contributed by atoms with Crippen molar-refractivity contribution in [3.63, 3.8) is 0 Å². The smallest absolute Gasteiger partial charge is 0.368 e. The molecule has 0 radical (unpaired) electrons. The summed E-state index contributed by atoms with van der Waals surface area (Å²) in [6.45, 7) is 5.10. The Morgan fingerprint density at radius 2 is 2.00 bits per heavy atom. The van der Waals surface area contributed by atoms with Gasteiger partial charge in [0.25, 0.3) is 0 Å². The van der Waals surface area contributed by atoms with Gasteiger partial charge in [0.2, 0.25) is 0 Å². The van der Waals surface area contributed by atoms with Gasteiger partial charge in [-0.3, -0.25) is 0 Å². The van der Waals surface area contributed by atoms with Crippen molar-refractivity contribution in [2.45, 2.75) is 38.9 Å². The maximum atomic E-state index is 13.3. The standard InChI is InChI=1S/C15H21F3N2/c1-10-7-11(2)20(9-10)14-4-3-12(5-6-19)8-13(14)15(16,17)18/h3-4,8,10-11H,5-7,9,19H2,1-2H3. The van der Waals surface area contributed by atoms with Crippen molar-refractivity contribution in [1.82, 2.24) is 0 Å². The molecule has 20 heavy (non-hydrogen) atoms. The molecule has 1 aliphatic rings. The molecule has 2 rings (SSSR count). The van der Waals surface area contributed by atoms with Crippen LogP contribution in [0.1, 0.15) is 31.4 Å². The molecule has 0 amide bonds. The first kappa shape index (κ1) is 15.2. The summed E-state index contributed by atoms with van der Waals surface area (Å²) in [5.41, 5.74) is 5.83. The summed E-state index contributed by atoms with van der Waals surface area (Å²) in [7, 11) is 0. The average Bonchev–Trinajstić information content (AvgIpc) is 2.68. The number of hydrogen-bond donors (Lipinski definition) is 1. The molecule has 1 aliphatic heterocycles. The van der Waals surface area contributed by atoms with Gasteiger partial charge in [-0.2, -0.15) is 13.2 Å². The Hall–Kier alpha value is -1.23. The second-order valence-electron chi connectivity index (χ2n) is 5.73. The number of alkyl halides is 3. The van der Waals surface area contributed by atoms with Gasteiger partial charge in [0.05, 0.1) is 5.56 Å². The molecule has 0 aliphatic carbocycles. The highest BCUT2D eigenvalue weighted by molar-refractivity contribution is 5.58. The van der Waals surface area contributed by atoms with E-state index in [0.29, 0.717) is 36.7 Å². The fourth-order valence-electron chi connectivity index (χ4n) is 3.02. The van der Waals surface area contributed by atoms with Crippen LogP contribution in [0.4, 0.5) is 18.9 Å². The monoisotopic (exact) mass is 286 g/mol. The van der Waals surface area contributed by atoms with Gasteiger partial charge in [0.1, 0.15) is 0 Å². The van der Waals surface area contributed by atoms with Crippen molar-refractivity contribution in [3.05, 3.63) is 29.3 Å². The van der Waals surface area contributed by atoms with E-state index in [1.54, 1.807) is 12.1 Å². The minimum absolute atomic E-state index is 0.145. The molecule has 1 aromatic rings. The summed E-state index contributed by atoms with van der Waals surface area (Å²) in [6.07, 6.45) is -2.93. The van der Waals surface area contributed by atoms with Gasteiger partial charge in [-0.15, -0.1) is 0 Å². The summed E-state index contributed by atoms with van der Waals surface area (Å²) in [4.78, 5) is 1.87. The quantitative estimate of drug-likeness (QED) is 0.922. The maximum Gasteiger partial charge on any atom is 0.418 e. The Balaban J connectivity index is 2.42. The van der Waals surface area contributed by atoms with Gasteiger partial charge in [-0.1, -0.05) is 13.0 Å². The van der Waals surface area contributed by atoms with Crippen LogP contribution in [-0.2, 0) is 12.6 Å². The predicted octanol–water partition coefficient (Wildman–Crippen LogP) is 3.44. The molecule has 0 aromatic heterocycles. The highest BCUT2D eigenvalue weighted by Gasteiger charge is 2.37. The minimum atomic E-state index is -4.33. The van der Waals surface area contributed by atoms with E-state index in [2.05, 4.69) is 6.92 Å². The van der Waals surface area contributed by atoms with E-state index < -0.39 is 11.7 Å². The molecule has 2 atom stereocenters. The molecule has 1 saturated heterocycles. The molecule has 5 heteroatoms. The van der Waals surface area contributed by atoms with E-state index in [4.69, 9.17) is 5.73 Å². The van der Waals surface area contributed by atoms with Crippen molar-refractivity contribution in [1.29, 1.82) is 0 Å². The zero-order valence-corrected chi connectivity index (χ0v) is 11.9. The molecule has 1 fully saturated rings. The van der Waals surface area contributed by atoms with Gasteiger partial charge < -0.3 is 10.6 Å². The fourth-order valence-corrected chi connectivity index (χ4v) is 3.02. The zero-order chi connectivity index (χ0) is 14.9. The third kappa shape index (κ3) is 3.08. The lowest BCUT2D eigenvalue weighted by atomic mass is 10.0. The fraction of sp³-hybridized carbons (Fsp3) is 0.600. The van der Waals surface area contributed by atoms with Crippen LogP contribution in [0.3, 0.4) is 0 Å². The van der Waals surface area contributed by atoms with Crippen LogP contribution in [-0.4, -0.2) is 19.1 Å². The third-order valence-electron chi connectivity index (χ3n) is 3.89. The van der Waals surface area contributed by atoms with Gasteiger partial charge in [-0.25, -0.2) is 0 Å². The van der Waals surface area contributed by atoms with Gasteiger partial charge in [0, 0.05) is 18.3 Å². The number of nitrogens with two attached hydrogens (primary N) is 1. The van der Waals surface area contributed by atoms with Crippen LogP contribution in [0.25, 0.3) is 0 Å². The van der Waals surface area contributed by atoms with Crippen LogP contribution >= 0.6 is 0 Å². The van der Waals surface area contributed by atoms with Gasteiger partial charge in [0.15, 0.2) is 0 Å². The number of hydrogen-bond acceptors (Lipinski definition) is 2. The van der Waals surface area contributed by atoms with Gasteiger partial charge >= 0.3 is 6.18 Å². The summed E-state index contributed by atoms with van der Waals surface area (Å²) in [5, 5.41) is 0. The van der Waals surface area contributed by atoms with Crippen LogP contribution < -0.4 is 10.6 Å². The number of halogens is 3. The zero-order valence-electron chi connectivity index (χ0n) is 11.9. The first-order chi connectivity index (χ1) is 9.32. The molecule has 0 bridgehead atoms. The van der Waals surface area contributed by atoms with Crippen LogP contribution in [0, 0.1) is 5.92 Å².